The molecule has 0 aromatic carbocycles. The van der Waals surface area contributed by atoms with E-state index < -0.39 is 16.9 Å². The summed E-state index contributed by atoms with van der Waals surface area (Å²) in [4.78, 5) is 20.3. The molecule has 0 spiro atoms. The van der Waals surface area contributed by atoms with E-state index in [1.165, 1.54) is 12.1 Å². The van der Waals surface area contributed by atoms with Crippen LogP contribution in [0.1, 0.15) is 12.7 Å². The standard InChI is InChI=1S/C8H11N3O4/c1-5(8(9)12)10-4-6-2-3-7(15-6)11(13)14/h2-3,5,10H,4H2,1H3,(H2,9,12)/t5-/m0/s1. The average molecular weight is 213 g/mol. The molecular weight excluding hydrogens is 202 g/mol. The highest BCUT2D eigenvalue weighted by atomic mass is 16.6. The second kappa shape index (κ2) is 4.56. The van der Waals surface area contributed by atoms with Gasteiger partial charge < -0.3 is 10.2 Å². The summed E-state index contributed by atoms with van der Waals surface area (Å²) in [5.74, 6) is -0.426. The van der Waals surface area contributed by atoms with Gasteiger partial charge in [0.25, 0.3) is 0 Å². The van der Waals surface area contributed by atoms with Crippen LogP contribution in [-0.4, -0.2) is 16.9 Å². The first kappa shape index (κ1) is 11.2. The topological polar surface area (TPSA) is 111 Å². The summed E-state index contributed by atoms with van der Waals surface area (Å²) in [6.45, 7) is 1.82. The fourth-order valence-corrected chi connectivity index (χ4v) is 0.914. The zero-order valence-corrected chi connectivity index (χ0v) is 8.10. The molecule has 1 amide bonds. The third-order valence-corrected chi connectivity index (χ3v) is 1.84. The first-order valence-electron chi connectivity index (χ1n) is 4.26. The van der Waals surface area contributed by atoms with E-state index >= 15 is 0 Å². The van der Waals surface area contributed by atoms with Crippen LogP contribution in [0, 0.1) is 10.1 Å². The lowest BCUT2D eigenvalue weighted by Gasteiger charge is -2.07. The Morgan fingerprint density at radius 1 is 1.73 bits per heavy atom. The molecule has 0 aliphatic heterocycles. The Bertz CT molecular complexity index is 374. The summed E-state index contributed by atoms with van der Waals surface area (Å²) in [6.07, 6.45) is 0. The molecule has 0 aliphatic carbocycles. The number of hydrogen-bond donors (Lipinski definition) is 2. The Balaban J connectivity index is 2.51. The van der Waals surface area contributed by atoms with Crippen molar-refractivity contribution in [3.05, 3.63) is 28.0 Å². The number of carbonyl (C=O) groups is 1. The molecule has 1 aromatic heterocycles. The normalized spacial score (nSPS) is 12.3. The number of nitrogens with one attached hydrogen (secondary N) is 1. The average Bonchev–Trinajstić information content (AvgIpc) is 2.62. The fraction of sp³-hybridized carbons (Fsp3) is 0.375. The molecule has 1 rings (SSSR count). The van der Waals surface area contributed by atoms with E-state index in [2.05, 4.69) is 5.32 Å². The molecule has 15 heavy (non-hydrogen) atoms. The Morgan fingerprint density at radius 3 is 2.87 bits per heavy atom. The minimum Gasteiger partial charge on any atom is -0.404 e. The maximum Gasteiger partial charge on any atom is 0.433 e. The molecule has 0 aliphatic rings. The zero-order valence-electron chi connectivity index (χ0n) is 8.10. The number of rotatable bonds is 5. The van der Waals surface area contributed by atoms with Crippen molar-refractivity contribution in [1.29, 1.82) is 0 Å². The third-order valence-electron chi connectivity index (χ3n) is 1.84. The van der Waals surface area contributed by atoms with Gasteiger partial charge in [-0.05, 0) is 13.0 Å². The van der Waals surface area contributed by atoms with Crippen LogP contribution in [-0.2, 0) is 11.3 Å². The summed E-state index contributed by atoms with van der Waals surface area (Å²) in [6, 6.07) is 2.22. The minimum absolute atomic E-state index is 0.220. The molecule has 0 saturated carbocycles. The van der Waals surface area contributed by atoms with E-state index in [0.717, 1.165) is 0 Å². The lowest BCUT2D eigenvalue weighted by Crippen LogP contribution is -2.38. The highest BCUT2D eigenvalue weighted by Crippen LogP contribution is 2.15. The maximum atomic E-state index is 10.7. The van der Waals surface area contributed by atoms with Crippen molar-refractivity contribution in [2.75, 3.05) is 0 Å². The van der Waals surface area contributed by atoms with Gasteiger partial charge in [0.05, 0.1) is 18.7 Å². The van der Waals surface area contributed by atoms with Gasteiger partial charge in [-0.15, -0.1) is 0 Å². The maximum absolute atomic E-state index is 10.7. The van der Waals surface area contributed by atoms with Gasteiger partial charge in [-0.25, -0.2) is 0 Å². The van der Waals surface area contributed by atoms with Gasteiger partial charge in [0.1, 0.15) is 10.7 Å². The summed E-state index contributed by atoms with van der Waals surface area (Å²) in [7, 11) is 0. The lowest BCUT2D eigenvalue weighted by atomic mass is 10.3. The summed E-state index contributed by atoms with van der Waals surface area (Å²) in [5, 5.41) is 13.0. The number of nitro groups is 1. The number of primary amides is 1. The number of carbonyl (C=O) groups excluding carboxylic acids is 1. The Kier molecular flexibility index (Phi) is 3.40. The van der Waals surface area contributed by atoms with Gasteiger partial charge in [0.2, 0.25) is 5.91 Å². The molecule has 3 N–H and O–H groups in total. The smallest absolute Gasteiger partial charge is 0.404 e. The Labute approximate surface area is 85.4 Å². The largest absolute Gasteiger partial charge is 0.433 e. The molecule has 1 heterocycles. The van der Waals surface area contributed by atoms with Crippen molar-refractivity contribution >= 4 is 11.8 Å². The van der Waals surface area contributed by atoms with Gasteiger partial charge in [-0.1, -0.05) is 0 Å². The Hall–Kier alpha value is -1.89. The molecule has 0 radical (unpaired) electrons. The monoisotopic (exact) mass is 213 g/mol. The minimum atomic E-state index is -0.624. The van der Waals surface area contributed by atoms with Gasteiger partial charge >= 0.3 is 5.88 Å². The van der Waals surface area contributed by atoms with E-state index in [0.29, 0.717) is 5.76 Å². The van der Waals surface area contributed by atoms with Gasteiger partial charge in [0, 0.05) is 0 Å². The number of amides is 1. The van der Waals surface area contributed by atoms with E-state index in [4.69, 9.17) is 10.2 Å². The molecule has 82 valence electrons. The van der Waals surface area contributed by atoms with Crippen LogP contribution >= 0.6 is 0 Å². The molecule has 0 saturated heterocycles. The van der Waals surface area contributed by atoms with Crippen LogP contribution in [0.15, 0.2) is 16.5 Å². The molecule has 7 nitrogen and oxygen atoms in total. The Morgan fingerprint density at radius 2 is 2.40 bits per heavy atom. The summed E-state index contributed by atoms with van der Waals surface area (Å²) in [5.41, 5.74) is 5.01. The van der Waals surface area contributed by atoms with Gasteiger partial charge in [0.15, 0.2) is 0 Å². The molecule has 0 unspecified atom stereocenters. The van der Waals surface area contributed by atoms with Crippen molar-refractivity contribution in [2.24, 2.45) is 5.73 Å². The second-order valence-electron chi connectivity index (χ2n) is 3.00. The molecule has 0 bridgehead atoms. The van der Waals surface area contributed by atoms with Gasteiger partial charge in [-0.2, -0.15) is 0 Å². The molecule has 0 fully saturated rings. The highest BCUT2D eigenvalue weighted by Gasteiger charge is 2.13. The first-order chi connectivity index (χ1) is 7.00. The number of nitrogens with two attached hydrogens (primary N) is 1. The SMILES string of the molecule is C[C@H](NCc1ccc([N+](=O)[O-])o1)C(N)=O. The van der Waals surface area contributed by atoms with Crippen LogP contribution in [0.5, 0.6) is 0 Å². The number of hydrogen-bond acceptors (Lipinski definition) is 5. The van der Waals surface area contributed by atoms with E-state index in [1.54, 1.807) is 6.92 Å². The van der Waals surface area contributed by atoms with Crippen molar-refractivity contribution < 1.29 is 14.1 Å². The second-order valence-corrected chi connectivity index (χ2v) is 3.00. The fourth-order valence-electron chi connectivity index (χ4n) is 0.914. The number of furan rings is 1. The predicted octanol–water partition coefficient (Wildman–Crippen LogP) is 0.151. The van der Waals surface area contributed by atoms with Crippen molar-refractivity contribution in [3.63, 3.8) is 0 Å². The molecule has 1 atom stereocenters. The molecular formula is C8H11N3O4. The third kappa shape index (κ3) is 3.06. The summed E-state index contributed by atoms with van der Waals surface area (Å²) < 4.78 is 4.86. The van der Waals surface area contributed by atoms with Crippen LogP contribution in [0.4, 0.5) is 5.88 Å². The quantitative estimate of drug-likeness (QED) is 0.534. The van der Waals surface area contributed by atoms with Crippen molar-refractivity contribution in [3.8, 4) is 0 Å². The van der Waals surface area contributed by atoms with E-state index in [9.17, 15) is 14.9 Å². The van der Waals surface area contributed by atoms with Gasteiger partial charge in [-0.3, -0.25) is 20.2 Å². The predicted molar refractivity (Wildman–Crippen MR) is 50.9 cm³/mol. The van der Waals surface area contributed by atoms with Crippen LogP contribution in [0.25, 0.3) is 0 Å². The lowest BCUT2D eigenvalue weighted by molar-refractivity contribution is -0.402. The summed E-state index contributed by atoms with van der Waals surface area (Å²) >= 11 is 0. The molecule has 1 aromatic rings. The van der Waals surface area contributed by atoms with Crippen LogP contribution < -0.4 is 11.1 Å². The molecule has 7 heteroatoms. The number of nitrogens with zero attached hydrogens (tertiary/aromatic N) is 1. The highest BCUT2D eigenvalue weighted by molar-refractivity contribution is 5.79. The zero-order chi connectivity index (χ0) is 11.4. The van der Waals surface area contributed by atoms with E-state index in [1.807, 2.05) is 0 Å². The van der Waals surface area contributed by atoms with Crippen molar-refractivity contribution in [2.45, 2.75) is 19.5 Å². The first-order valence-corrected chi connectivity index (χ1v) is 4.26. The van der Waals surface area contributed by atoms with Crippen molar-refractivity contribution in [1.82, 2.24) is 5.32 Å². The van der Waals surface area contributed by atoms with E-state index in [-0.39, 0.29) is 12.4 Å². The van der Waals surface area contributed by atoms with Crippen LogP contribution in [0.2, 0.25) is 0 Å². The van der Waals surface area contributed by atoms with Crippen LogP contribution in [0.3, 0.4) is 0 Å².